The van der Waals surface area contributed by atoms with Gasteiger partial charge in [-0.3, -0.25) is 0 Å². The third-order valence-corrected chi connectivity index (χ3v) is 8.45. The topological polar surface area (TPSA) is 89.1 Å². The maximum absolute atomic E-state index is 12.9. The SMILES string of the molecule is O=C(Nc1ccc(Oc2ccccc2)cc1)Nc1cccc([C@@H]2O[C@H](CSc3ccccc3)C[C@H](c3ccc(CO)cc3)O2)c1. The molecule has 5 aromatic rings. The van der Waals surface area contributed by atoms with Crippen molar-refractivity contribution >= 4 is 29.2 Å². The first-order valence-electron chi connectivity index (χ1n) is 14.8. The molecule has 3 N–H and O–H groups in total. The first kappa shape index (κ1) is 30.4. The molecule has 1 fully saturated rings. The molecule has 2 amide bonds. The van der Waals surface area contributed by atoms with E-state index < -0.39 is 6.29 Å². The van der Waals surface area contributed by atoms with Gasteiger partial charge < -0.3 is 30.0 Å². The van der Waals surface area contributed by atoms with Gasteiger partial charge in [-0.1, -0.05) is 72.8 Å². The summed E-state index contributed by atoms with van der Waals surface area (Å²) in [5.41, 5.74) is 3.94. The van der Waals surface area contributed by atoms with E-state index in [4.69, 9.17) is 14.2 Å². The number of para-hydroxylation sites is 1. The molecule has 0 bridgehead atoms. The molecule has 3 atom stereocenters. The van der Waals surface area contributed by atoms with Crippen LogP contribution in [-0.2, 0) is 16.1 Å². The van der Waals surface area contributed by atoms with Crippen molar-refractivity contribution in [1.29, 1.82) is 0 Å². The van der Waals surface area contributed by atoms with Gasteiger partial charge in [0.2, 0.25) is 0 Å². The highest BCUT2D eigenvalue weighted by Crippen LogP contribution is 2.40. The summed E-state index contributed by atoms with van der Waals surface area (Å²) in [4.78, 5) is 14.1. The molecular formula is C37H34N2O5S. The lowest BCUT2D eigenvalue weighted by atomic mass is 10.0. The number of benzene rings is 5. The summed E-state index contributed by atoms with van der Waals surface area (Å²) < 4.78 is 18.8. The highest BCUT2D eigenvalue weighted by atomic mass is 32.2. The van der Waals surface area contributed by atoms with Crippen molar-refractivity contribution in [2.24, 2.45) is 0 Å². The van der Waals surface area contributed by atoms with E-state index in [9.17, 15) is 9.90 Å². The molecule has 6 rings (SSSR count). The molecule has 45 heavy (non-hydrogen) atoms. The lowest BCUT2D eigenvalue weighted by molar-refractivity contribution is -0.245. The normalized spacial score (nSPS) is 17.8. The highest BCUT2D eigenvalue weighted by Gasteiger charge is 2.32. The third-order valence-electron chi connectivity index (χ3n) is 7.30. The second kappa shape index (κ2) is 14.9. The van der Waals surface area contributed by atoms with Crippen molar-refractivity contribution in [3.05, 3.63) is 150 Å². The van der Waals surface area contributed by atoms with Crippen LogP contribution in [0, 0.1) is 0 Å². The van der Waals surface area contributed by atoms with Crippen LogP contribution in [0.25, 0.3) is 0 Å². The minimum Gasteiger partial charge on any atom is -0.457 e. The number of carbonyl (C=O) groups is 1. The largest absolute Gasteiger partial charge is 0.457 e. The predicted molar refractivity (Wildman–Crippen MR) is 178 cm³/mol. The summed E-state index contributed by atoms with van der Waals surface area (Å²) in [6.07, 6.45) is -0.175. The number of aliphatic hydroxyl groups excluding tert-OH is 1. The van der Waals surface area contributed by atoms with Gasteiger partial charge in [0.15, 0.2) is 6.29 Å². The van der Waals surface area contributed by atoms with E-state index in [1.54, 1.807) is 36.0 Å². The van der Waals surface area contributed by atoms with Crippen LogP contribution in [0.5, 0.6) is 11.5 Å². The van der Waals surface area contributed by atoms with E-state index in [2.05, 4.69) is 22.8 Å². The number of thioether (sulfide) groups is 1. The van der Waals surface area contributed by atoms with Gasteiger partial charge in [-0.2, -0.15) is 0 Å². The van der Waals surface area contributed by atoms with Crippen molar-refractivity contribution in [3.63, 3.8) is 0 Å². The standard InChI is InChI=1S/C37H34N2O5S/c40-24-26-14-16-27(17-15-26)35-23-33(25-45-34-12-5-2-6-13-34)43-36(44-35)28-8-7-9-30(22-28)39-37(41)38-29-18-20-32(21-19-29)42-31-10-3-1-4-11-31/h1-22,33,35-36,40H,23-25H2,(H2,38,39,41)/t33-,35+,36+/m0/s1. The van der Waals surface area contributed by atoms with Crippen LogP contribution in [0.3, 0.4) is 0 Å². The number of rotatable bonds is 10. The molecule has 1 aliphatic rings. The Kier molecular flexibility index (Phi) is 10.1. The Balaban J connectivity index is 1.11. The Hall–Kier alpha value is -4.60. The maximum Gasteiger partial charge on any atom is 0.323 e. The molecule has 0 spiro atoms. The van der Waals surface area contributed by atoms with Crippen LogP contribution in [-0.4, -0.2) is 23.0 Å². The molecule has 1 heterocycles. The van der Waals surface area contributed by atoms with Crippen molar-refractivity contribution in [2.75, 3.05) is 16.4 Å². The molecule has 228 valence electrons. The van der Waals surface area contributed by atoms with E-state index in [1.165, 1.54) is 4.90 Å². The number of nitrogens with one attached hydrogen (secondary N) is 2. The maximum atomic E-state index is 12.9. The van der Waals surface area contributed by atoms with Crippen LogP contribution in [0.4, 0.5) is 16.2 Å². The summed E-state index contributed by atoms with van der Waals surface area (Å²) in [7, 11) is 0. The zero-order valence-electron chi connectivity index (χ0n) is 24.5. The average molecular weight is 619 g/mol. The van der Waals surface area contributed by atoms with Crippen LogP contribution < -0.4 is 15.4 Å². The summed E-state index contributed by atoms with van der Waals surface area (Å²) in [6, 6.07) is 42.0. The number of ether oxygens (including phenoxy) is 3. The average Bonchev–Trinajstić information content (AvgIpc) is 3.09. The first-order valence-corrected chi connectivity index (χ1v) is 15.8. The van der Waals surface area contributed by atoms with Crippen molar-refractivity contribution < 1.29 is 24.1 Å². The van der Waals surface area contributed by atoms with Crippen LogP contribution >= 0.6 is 11.8 Å². The van der Waals surface area contributed by atoms with Gasteiger partial charge in [-0.25, -0.2) is 4.79 Å². The summed E-state index contributed by atoms with van der Waals surface area (Å²) in [5.74, 6) is 2.19. The summed E-state index contributed by atoms with van der Waals surface area (Å²) in [6.45, 7) is -0.00473. The number of hydrogen-bond donors (Lipinski definition) is 3. The number of amides is 2. The van der Waals surface area contributed by atoms with E-state index in [0.29, 0.717) is 23.5 Å². The minimum absolute atomic E-state index is 0.00473. The molecule has 5 aromatic carbocycles. The third kappa shape index (κ3) is 8.53. The fourth-order valence-corrected chi connectivity index (χ4v) is 5.96. The van der Waals surface area contributed by atoms with Gasteiger partial charge >= 0.3 is 6.03 Å². The fraction of sp³-hybridized carbons (Fsp3) is 0.162. The zero-order chi connectivity index (χ0) is 30.8. The molecular weight excluding hydrogens is 584 g/mol. The van der Waals surface area contributed by atoms with Crippen molar-refractivity contribution in [2.45, 2.75) is 36.4 Å². The van der Waals surface area contributed by atoms with Gasteiger partial charge in [0.25, 0.3) is 0 Å². The predicted octanol–water partition coefficient (Wildman–Crippen LogP) is 8.95. The monoisotopic (exact) mass is 618 g/mol. The smallest absolute Gasteiger partial charge is 0.323 e. The number of urea groups is 1. The minimum atomic E-state index is -0.621. The van der Waals surface area contributed by atoms with Crippen LogP contribution in [0.2, 0.25) is 0 Å². The van der Waals surface area contributed by atoms with E-state index >= 15 is 0 Å². The van der Waals surface area contributed by atoms with E-state index in [1.807, 2.05) is 97.1 Å². The Morgan fingerprint density at radius 1 is 0.733 bits per heavy atom. The van der Waals surface area contributed by atoms with Crippen LogP contribution in [0.1, 0.15) is 35.5 Å². The molecule has 0 radical (unpaired) electrons. The number of aliphatic hydroxyl groups is 1. The summed E-state index contributed by atoms with van der Waals surface area (Å²) >= 11 is 1.75. The Morgan fingerprint density at radius 2 is 1.42 bits per heavy atom. The van der Waals surface area contributed by atoms with Gasteiger partial charge in [0, 0.05) is 34.0 Å². The van der Waals surface area contributed by atoms with Gasteiger partial charge in [-0.05, 0) is 71.8 Å². The number of anilines is 2. The molecule has 0 unspecified atom stereocenters. The van der Waals surface area contributed by atoms with Gasteiger partial charge in [0.05, 0.1) is 18.8 Å². The lowest BCUT2D eigenvalue weighted by Crippen LogP contribution is -2.31. The fourth-order valence-electron chi connectivity index (χ4n) is 5.02. The Morgan fingerprint density at radius 3 is 2.16 bits per heavy atom. The van der Waals surface area contributed by atoms with E-state index in [-0.39, 0.29) is 24.8 Å². The molecule has 0 aliphatic carbocycles. The molecule has 1 saturated heterocycles. The second-order valence-corrected chi connectivity index (χ2v) is 11.7. The molecule has 8 heteroatoms. The number of hydrogen-bond acceptors (Lipinski definition) is 6. The first-order chi connectivity index (χ1) is 22.1. The molecule has 1 aliphatic heterocycles. The van der Waals surface area contributed by atoms with Crippen LogP contribution in [0.15, 0.2) is 138 Å². The molecule has 7 nitrogen and oxygen atoms in total. The Labute approximate surface area is 267 Å². The number of carbonyl (C=O) groups excluding carboxylic acids is 1. The van der Waals surface area contributed by atoms with Crippen molar-refractivity contribution in [1.82, 2.24) is 0 Å². The second-order valence-electron chi connectivity index (χ2n) is 10.6. The zero-order valence-corrected chi connectivity index (χ0v) is 25.4. The van der Waals surface area contributed by atoms with E-state index in [0.717, 1.165) is 28.2 Å². The molecule has 0 saturated carbocycles. The Bertz CT molecular complexity index is 1670. The van der Waals surface area contributed by atoms with Gasteiger partial charge in [-0.15, -0.1) is 11.8 Å². The highest BCUT2D eigenvalue weighted by molar-refractivity contribution is 7.99. The lowest BCUT2D eigenvalue weighted by Gasteiger charge is -2.36. The van der Waals surface area contributed by atoms with Crippen molar-refractivity contribution in [3.8, 4) is 11.5 Å². The molecule has 0 aromatic heterocycles. The summed E-state index contributed by atoms with van der Waals surface area (Å²) in [5, 5.41) is 15.3. The quantitative estimate of drug-likeness (QED) is 0.135. The van der Waals surface area contributed by atoms with Gasteiger partial charge in [0.1, 0.15) is 11.5 Å².